The van der Waals surface area contributed by atoms with Crippen molar-refractivity contribution < 1.29 is 54.1 Å². The lowest BCUT2D eigenvalue weighted by Crippen LogP contribution is -2.60. The minimum atomic E-state index is -1.58. The summed E-state index contributed by atoms with van der Waals surface area (Å²) in [5, 5.41) is 51.5. The molecule has 4 aliphatic rings. The number of hydrogen-bond donors (Lipinski definition) is 5. The minimum absolute atomic E-state index is 0.0416. The molecule has 2 aliphatic carbocycles. The lowest BCUT2D eigenvalue weighted by Gasteiger charge is -2.41. The Hall–Kier alpha value is -3.06. The standard InChI is InChI=1S/C29H34O11/c1-13-18-8-5-16(23(18)26-19(10-20(13)32)14(2)28(36)40-26)12-37-29-25(35)27(24(34)21(11-30)38-29)39-22(33)9-15-3-6-17(31)7-4-15/h3-7,19-21,23-27,29-32,34-35H,2,8-12H2,1H3/t19?,20?,21-,23?,24-,25-,26?,27+,29-/m1/s1. The van der Waals surface area contributed by atoms with Crippen LogP contribution in [0.3, 0.4) is 0 Å². The van der Waals surface area contributed by atoms with Gasteiger partial charge >= 0.3 is 11.9 Å². The molecule has 11 heteroatoms. The molecule has 2 heterocycles. The fraction of sp³-hybridized carbons (Fsp3) is 0.517. The van der Waals surface area contributed by atoms with Crippen LogP contribution in [0.4, 0.5) is 0 Å². The molecule has 5 rings (SSSR count). The third kappa shape index (κ3) is 5.32. The van der Waals surface area contributed by atoms with Crippen LogP contribution in [0.1, 0.15) is 25.3 Å². The number of rotatable bonds is 7. The molecule has 1 aromatic carbocycles. The van der Waals surface area contributed by atoms with Crippen LogP contribution < -0.4 is 0 Å². The van der Waals surface area contributed by atoms with E-state index in [0.717, 1.165) is 16.7 Å². The first-order valence-corrected chi connectivity index (χ1v) is 13.3. The predicted octanol–water partition coefficient (Wildman–Crippen LogP) is 0.427. The van der Waals surface area contributed by atoms with E-state index in [0.29, 0.717) is 24.0 Å². The fourth-order valence-electron chi connectivity index (χ4n) is 6.00. The van der Waals surface area contributed by atoms with E-state index in [9.17, 15) is 35.1 Å². The predicted molar refractivity (Wildman–Crippen MR) is 137 cm³/mol. The zero-order chi connectivity index (χ0) is 28.7. The summed E-state index contributed by atoms with van der Waals surface area (Å²) in [7, 11) is 0. The zero-order valence-corrected chi connectivity index (χ0v) is 22.0. The highest BCUT2D eigenvalue weighted by molar-refractivity contribution is 5.91. The van der Waals surface area contributed by atoms with Gasteiger partial charge < -0.3 is 44.5 Å². The van der Waals surface area contributed by atoms with Gasteiger partial charge in [0.25, 0.3) is 0 Å². The number of fused-ring (bicyclic) bond motifs is 3. The van der Waals surface area contributed by atoms with Gasteiger partial charge in [0.1, 0.15) is 30.2 Å². The van der Waals surface area contributed by atoms with Crippen molar-refractivity contribution in [3.05, 3.63) is 64.8 Å². The quantitative estimate of drug-likeness (QED) is 0.178. The Morgan fingerprint density at radius 2 is 1.88 bits per heavy atom. The molecule has 0 bridgehead atoms. The normalized spacial score (nSPS) is 35.5. The Kier molecular flexibility index (Phi) is 8.14. The van der Waals surface area contributed by atoms with Crippen LogP contribution in [0.2, 0.25) is 0 Å². The van der Waals surface area contributed by atoms with Crippen LogP contribution in [0.15, 0.2) is 59.2 Å². The summed E-state index contributed by atoms with van der Waals surface area (Å²) in [4.78, 5) is 24.9. The first kappa shape index (κ1) is 28.5. The molecular formula is C29H34O11. The van der Waals surface area contributed by atoms with Crippen LogP contribution in [0.25, 0.3) is 0 Å². The highest BCUT2D eigenvalue weighted by Gasteiger charge is 2.51. The number of benzene rings is 1. The number of esters is 2. The van der Waals surface area contributed by atoms with Gasteiger partial charge in [0, 0.05) is 17.4 Å². The van der Waals surface area contributed by atoms with E-state index >= 15 is 0 Å². The van der Waals surface area contributed by atoms with E-state index < -0.39 is 61.5 Å². The Labute approximate surface area is 230 Å². The van der Waals surface area contributed by atoms with Gasteiger partial charge in [0.05, 0.1) is 25.7 Å². The van der Waals surface area contributed by atoms with Gasteiger partial charge in [-0.2, -0.15) is 0 Å². The van der Waals surface area contributed by atoms with E-state index in [2.05, 4.69) is 6.58 Å². The summed E-state index contributed by atoms with van der Waals surface area (Å²) in [5.74, 6) is -1.88. The number of carbonyl (C=O) groups excluding carboxylic acids is 2. The molecule has 5 N–H and O–H groups in total. The second kappa shape index (κ2) is 11.4. The SMILES string of the molecule is C=C1C(=O)OC2C1CC(O)C(C)=C1CC=C(CO[C@@H]3O[C@H](CO)[C@@H](O)[C@H](OC(=O)Cc4ccc(O)cc4)[C@H]3O)C12. The number of aliphatic hydroxyl groups is 4. The average Bonchev–Trinajstić information content (AvgIpc) is 3.44. The van der Waals surface area contributed by atoms with Gasteiger partial charge in [-0.25, -0.2) is 4.79 Å². The summed E-state index contributed by atoms with van der Waals surface area (Å²) in [5.41, 5.74) is 3.40. The third-order valence-corrected chi connectivity index (χ3v) is 8.31. The van der Waals surface area contributed by atoms with Crippen LogP contribution in [-0.2, 0) is 35.0 Å². The maximum Gasteiger partial charge on any atom is 0.334 e. The van der Waals surface area contributed by atoms with Gasteiger partial charge in [-0.05, 0) is 48.6 Å². The van der Waals surface area contributed by atoms with Crippen LogP contribution in [0.5, 0.6) is 5.75 Å². The van der Waals surface area contributed by atoms with E-state index in [4.69, 9.17) is 18.9 Å². The maximum atomic E-state index is 12.6. The van der Waals surface area contributed by atoms with Crippen LogP contribution in [0, 0.1) is 11.8 Å². The Balaban J connectivity index is 1.29. The maximum absolute atomic E-state index is 12.6. The molecule has 2 aliphatic heterocycles. The van der Waals surface area contributed by atoms with Crippen molar-refractivity contribution in [2.75, 3.05) is 13.2 Å². The summed E-state index contributed by atoms with van der Waals surface area (Å²) in [6.45, 7) is 5.06. The molecule has 9 atom stereocenters. The van der Waals surface area contributed by atoms with E-state index in [-0.39, 0.29) is 30.6 Å². The number of phenols is 1. The third-order valence-electron chi connectivity index (χ3n) is 8.31. The molecule has 0 aromatic heterocycles. The van der Waals surface area contributed by atoms with Crippen molar-refractivity contribution >= 4 is 11.9 Å². The molecule has 11 nitrogen and oxygen atoms in total. The molecule has 2 saturated heterocycles. The number of hydrogen-bond acceptors (Lipinski definition) is 11. The highest BCUT2D eigenvalue weighted by Crippen LogP contribution is 2.48. The lowest BCUT2D eigenvalue weighted by atomic mass is 9.83. The zero-order valence-electron chi connectivity index (χ0n) is 22.0. The van der Waals surface area contributed by atoms with Crippen molar-refractivity contribution in [1.29, 1.82) is 0 Å². The van der Waals surface area contributed by atoms with Crippen molar-refractivity contribution in [1.82, 2.24) is 0 Å². The second-order valence-electron chi connectivity index (χ2n) is 10.7. The van der Waals surface area contributed by atoms with Crippen LogP contribution >= 0.6 is 0 Å². The molecule has 40 heavy (non-hydrogen) atoms. The fourth-order valence-corrected chi connectivity index (χ4v) is 6.00. The Morgan fingerprint density at radius 3 is 2.58 bits per heavy atom. The molecule has 4 unspecified atom stereocenters. The Bertz CT molecular complexity index is 1220. The van der Waals surface area contributed by atoms with Gasteiger partial charge in [-0.3, -0.25) is 4.79 Å². The van der Waals surface area contributed by atoms with E-state index in [1.54, 1.807) is 12.1 Å². The molecule has 0 spiro atoms. The first-order chi connectivity index (χ1) is 19.1. The molecule has 2 fully saturated rings. The number of allylic oxidation sites excluding steroid dienone is 1. The molecular weight excluding hydrogens is 524 g/mol. The second-order valence-corrected chi connectivity index (χ2v) is 10.7. The van der Waals surface area contributed by atoms with Gasteiger partial charge in [-0.1, -0.05) is 30.4 Å². The van der Waals surface area contributed by atoms with Gasteiger partial charge in [0.15, 0.2) is 12.4 Å². The van der Waals surface area contributed by atoms with Gasteiger partial charge in [-0.15, -0.1) is 0 Å². The number of ether oxygens (including phenoxy) is 4. The lowest BCUT2D eigenvalue weighted by molar-refractivity contribution is -0.301. The number of aliphatic hydroxyl groups excluding tert-OH is 4. The van der Waals surface area contributed by atoms with E-state index in [1.807, 2.05) is 13.0 Å². The molecule has 216 valence electrons. The minimum Gasteiger partial charge on any atom is -0.508 e. The summed E-state index contributed by atoms with van der Waals surface area (Å²) in [6.07, 6.45) is -5.74. The van der Waals surface area contributed by atoms with Crippen molar-refractivity contribution in [2.45, 2.75) is 69.1 Å². The summed E-state index contributed by atoms with van der Waals surface area (Å²) < 4.78 is 22.6. The first-order valence-electron chi connectivity index (χ1n) is 13.3. The molecule has 1 aromatic rings. The Morgan fingerprint density at radius 1 is 1.15 bits per heavy atom. The van der Waals surface area contributed by atoms with Gasteiger partial charge in [0.2, 0.25) is 0 Å². The number of phenolic OH excluding ortho intramolecular Hbond substituents is 1. The average molecular weight is 559 g/mol. The molecule has 0 saturated carbocycles. The number of carbonyl (C=O) groups is 2. The van der Waals surface area contributed by atoms with Crippen molar-refractivity contribution in [2.24, 2.45) is 11.8 Å². The molecule has 0 amide bonds. The molecule has 0 radical (unpaired) electrons. The van der Waals surface area contributed by atoms with Crippen LogP contribution in [-0.4, -0.2) is 93.6 Å². The van der Waals surface area contributed by atoms with E-state index in [1.165, 1.54) is 12.1 Å². The largest absolute Gasteiger partial charge is 0.508 e. The van der Waals surface area contributed by atoms with Crippen molar-refractivity contribution in [3.8, 4) is 5.75 Å². The highest BCUT2D eigenvalue weighted by atomic mass is 16.7. The summed E-state index contributed by atoms with van der Waals surface area (Å²) >= 11 is 0. The monoisotopic (exact) mass is 558 g/mol. The van der Waals surface area contributed by atoms with Crippen molar-refractivity contribution in [3.63, 3.8) is 0 Å². The number of aromatic hydroxyl groups is 1. The topological polar surface area (TPSA) is 172 Å². The smallest absolute Gasteiger partial charge is 0.334 e. The summed E-state index contributed by atoms with van der Waals surface area (Å²) in [6, 6.07) is 5.94.